The maximum Gasteiger partial charge on any atom is 0.329 e. The molecule has 1 heterocycles. The van der Waals surface area contributed by atoms with Gasteiger partial charge in [0.2, 0.25) is 0 Å². The molecule has 23 heavy (non-hydrogen) atoms. The van der Waals surface area contributed by atoms with Gasteiger partial charge in [-0.25, -0.2) is 4.79 Å². The molecule has 6 nitrogen and oxygen atoms in total. The monoisotopic (exact) mass is 322 g/mol. The van der Waals surface area contributed by atoms with Gasteiger partial charge in [-0.3, -0.25) is 9.59 Å². The van der Waals surface area contributed by atoms with E-state index in [2.05, 4.69) is 10.3 Å². The Bertz CT molecular complexity index is 584. The summed E-state index contributed by atoms with van der Waals surface area (Å²) in [6, 6.07) is 0.733. The largest absolute Gasteiger partial charge is 0.458 e. The van der Waals surface area contributed by atoms with E-state index in [1.54, 1.807) is 20.8 Å². The van der Waals surface area contributed by atoms with E-state index in [0.717, 1.165) is 0 Å². The SMILES string of the molecule is CC[C@H](C)[C@H](NC(=O)c1cc(C(C)=O)c[nH]1)C(=O)OC(C)(C)C. The summed E-state index contributed by atoms with van der Waals surface area (Å²) in [4.78, 5) is 38.7. The molecule has 1 aromatic heterocycles. The first-order chi connectivity index (χ1) is 10.5. The Balaban J connectivity index is 2.89. The van der Waals surface area contributed by atoms with Crippen molar-refractivity contribution in [3.8, 4) is 0 Å². The first-order valence-corrected chi connectivity index (χ1v) is 7.78. The van der Waals surface area contributed by atoms with Crippen LogP contribution in [0.25, 0.3) is 0 Å². The molecule has 0 bridgehead atoms. The van der Waals surface area contributed by atoms with Gasteiger partial charge < -0.3 is 15.0 Å². The van der Waals surface area contributed by atoms with Crippen LogP contribution in [0.3, 0.4) is 0 Å². The zero-order valence-corrected chi connectivity index (χ0v) is 14.6. The molecule has 1 amide bonds. The molecule has 0 saturated carbocycles. The van der Waals surface area contributed by atoms with Gasteiger partial charge in [0.1, 0.15) is 17.3 Å². The lowest BCUT2D eigenvalue weighted by molar-refractivity contribution is -0.158. The summed E-state index contributed by atoms with van der Waals surface area (Å²) < 4.78 is 5.39. The van der Waals surface area contributed by atoms with Crippen LogP contribution in [-0.4, -0.2) is 34.3 Å². The van der Waals surface area contributed by atoms with Crippen LogP contribution in [0.15, 0.2) is 12.3 Å². The molecule has 6 heteroatoms. The van der Waals surface area contributed by atoms with E-state index in [-0.39, 0.29) is 17.4 Å². The molecule has 0 aliphatic carbocycles. The first-order valence-electron chi connectivity index (χ1n) is 7.78. The van der Waals surface area contributed by atoms with Crippen LogP contribution in [0.5, 0.6) is 0 Å². The lowest BCUT2D eigenvalue weighted by Gasteiger charge is -2.27. The normalized spacial score (nSPS) is 14.0. The highest BCUT2D eigenvalue weighted by Crippen LogP contribution is 2.15. The molecule has 0 unspecified atom stereocenters. The Morgan fingerprint density at radius 2 is 1.91 bits per heavy atom. The molecule has 0 aromatic carbocycles. The third kappa shape index (κ3) is 5.54. The fraction of sp³-hybridized carbons (Fsp3) is 0.588. The van der Waals surface area contributed by atoms with Crippen molar-refractivity contribution in [2.75, 3.05) is 0 Å². The van der Waals surface area contributed by atoms with Gasteiger partial charge in [-0.15, -0.1) is 0 Å². The van der Waals surface area contributed by atoms with Crippen LogP contribution in [0.2, 0.25) is 0 Å². The van der Waals surface area contributed by atoms with E-state index < -0.39 is 23.5 Å². The number of hydrogen-bond acceptors (Lipinski definition) is 4. The molecule has 1 aromatic rings. The number of Topliss-reactive ketones (excluding diaryl/α,β-unsaturated/α-hetero) is 1. The van der Waals surface area contributed by atoms with E-state index in [1.807, 2.05) is 13.8 Å². The molecular weight excluding hydrogens is 296 g/mol. The lowest BCUT2D eigenvalue weighted by atomic mass is 9.98. The number of aromatic amines is 1. The van der Waals surface area contributed by atoms with Gasteiger partial charge in [0, 0.05) is 11.8 Å². The molecule has 1 rings (SSSR count). The van der Waals surface area contributed by atoms with E-state index in [9.17, 15) is 14.4 Å². The number of ether oxygens (including phenoxy) is 1. The van der Waals surface area contributed by atoms with Crippen molar-refractivity contribution in [3.63, 3.8) is 0 Å². The quantitative estimate of drug-likeness (QED) is 0.622. The van der Waals surface area contributed by atoms with Crippen LogP contribution >= 0.6 is 0 Å². The number of carbonyl (C=O) groups excluding carboxylic acids is 3. The van der Waals surface area contributed by atoms with Crippen LogP contribution in [0.4, 0.5) is 0 Å². The number of aromatic nitrogens is 1. The summed E-state index contributed by atoms with van der Waals surface area (Å²) in [5.74, 6) is -1.10. The number of rotatable bonds is 6. The number of carbonyl (C=O) groups is 3. The average molecular weight is 322 g/mol. The molecule has 128 valence electrons. The van der Waals surface area contributed by atoms with E-state index in [0.29, 0.717) is 12.0 Å². The molecule has 2 N–H and O–H groups in total. The maximum absolute atomic E-state index is 12.3. The minimum absolute atomic E-state index is 0.0731. The fourth-order valence-corrected chi connectivity index (χ4v) is 1.98. The highest BCUT2D eigenvalue weighted by molar-refractivity contribution is 6.00. The number of esters is 1. The van der Waals surface area contributed by atoms with Gasteiger partial charge in [-0.05, 0) is 39.7 Å². The van der Waals surface area contributed by atoms with Crippen molar-refractivity contribution in [1.29, 1.82) is 0 Å². The Morgan fingerprint density at radius 1 is 1.30 bits per heavy atom. The number of hydrogen-bond donors (Lipinski definition) is 2. The van der Waals surface area contributed by atoms with Gasteiger partial charge >= 0.3 is 5.97 Å². The number of ketones is 1. The maximum atomic E-state index is 12.3. The highest BCUT2D eigenvalue weighted by Gasteiger charge is 2.31. The van der Waals surface area contributed by atoms with E-state index in [1.165, 1.54) is 19.2 Å². The smallest absolute Gasteiger partial charge is 0.329 e. The molecule has 0 saturated heterocycles. The van der Waals surface area contributed by atoms with Crippen LogP contribution in [0, 0.1) is 5.92 Å². The Labute approximate surface area is 137 Å². The molecule has 2 atom stereocenters. The minimum Gasteiger partial charge on any atom is -0.458 e. The third-order valence-corrected chi connectivity index (χ3v) is 3.49. The van der Waals surface area contributed by atoms with Gasteiger partial charge in [0.15, 0.2) is 5.78 Å². The zero-order valence-electron chi connectivity index (χ0n) is 14.6. The summed E-state index contributed by atoms with van der Waals surface area (Å²) in [5.41, 5.74) is 0.0430. The zero-order chi connectivity index (χ0) is 17.8. The second kappa shape index (κ2) is 7.44. The molecule has 0 spiro atoms. The topological polar surface area (TPSA) is 88.3 Å². The average Bonchev–Trinajstić information content (AvgIpc) is 2.91. The second-order valence-corrected chi connectivity index (χ2v) is 6.73. The van der Waals surface area contributed by atoms with Gasteiger partial charge in [-0.2, -0.15) is 0 Å². The first kappa shape index (κ1) is 18.9. The predicted molar refractivity (Wildman–Crippen MR) is 87.4 cm³/mol. The van der Waals surface area contributed by atoms with Gasteiger partial charge in [0.05, 0.1) is 0 Å². The highest BCUT2D eigenvalue weighted by atomic mass is 16.6. The standard InChI is InChI=1S/C17H26N2O4/c1-7-10(2)14(16(22)23-17(4,5)6)19-15(21)13-8-12(9-18-13)11(3)20/h8-10,14,18H,7H2,1-6H3,(H,19,21)/t10-,14-/m0/s1. The molecule has 0 aliphatic heterocycles. The summed E-state index contributed by atoms with van der Waals surface area (Å²) in [7, 11) is 0. The Hall–Kier alpha value is -2.11. The lowest BCUT2D eigenvalue weighted by Crippen LogP contribution is -2.47. The van der Waals surface area contributed by atoms with Crippen LogP contribution in [0.1, 0.15) is 68.8 Å². The summed E-state index contributed by atoms with van der Waals surface area (Å²) in [6.07, 6.45) is 2.19. The Kier molecular flexibility index (Phi) is 6.12. The third-order valence-electron chi connectivity index (χ3n) is 3.49. The van der Waals surface area contributed by atoms with Crippen LogP contribution in [-0.2, 0) is 9.53 Å². The number of H-pyrrole nitrogens is 1. The van der Waals surface area contributed by atoms with Crippen molar-refractivity contribution in [2.24, 2.45) is 5.92 Å². The van der Waals surface area contributed by atoms with Crippen molar-refractivity contribution < 1.29 is 19.1 Å². The molecular formula is C17H26N2O4. The van der Waals surface area contributed by atoms with Gasteiger partial charge in [0.25, 0.3) is 5.91 Å². The Morgan fingerprint density at radius 3 is 2.35 bits per heavy atom. The summed E-state index contributed by atoms with van der Waals surface area (Å²) in [6.45, 7) is 10.6. The predicted octanol–water partition coefficient (Wildman–Crippen LogP) is 2.70. The molecule has 0 fully saturated rings. The second-order valence-electron chi connectivity index (χ2n) is 6.73. The van der Waals surface area contributed by atoms with Crippen molar-refractivity contribution >= 4 is 17.7 Å². The summed E-state index contributed by atoms with van der Waals surface area (Å²) in [5, 5.41) is 2.70. The fourth-order valence-electron chi connectivity index (χ4n) is 1.98. The van der Waals surface area contributed by atoms with E-state index >= 15 is 0 Å². The molecule has 0 radical (unpaired) electrons. The minimum atomic E-state index is -0.740. The van der Waals surface area contributed by atoms with Crippen molar-refractivity contribution in [2.45, 2.75) is 59.6 Å². The van der Waals surface area contributed by atoms with Crippen molar-refractivity contribution in [3.05, 3.63) is 23.5 Å². The molecule has 0 aliphatic rings. The number of amides is 1. The number of nitrogens with one attached hydrogen (secondary N) is 2. The summed E-state index contributed by atoms with van der Waals surface area (Å²) >= 11 is 0. The van der Waals surface area contributed by atoms with E-state index in [4.69, 9.17) is 4.74 Å². The van der Waals surface area contributed by atoms with Crippen molar-refractivity contribution in [1.82, 2.24) is 10.3 Å². The van der Waals surface area contributed by atoms with Crippen LogP contribution < -0.4 is 5.32 Å². The van der Waals surface area contributed by atoms with Gasteiger partial charge in [-0.1, -0.05) is 20.3 Å².